The quantitative estimate of drug-likeness (QED) is 0.533. The first-order chi connectivity index (χ1) is 16.1. The lowest BCUT2D eigenvalue weighted by atomic mass is 9.96. The molecule has 4 rings (SSSR count). The maximum absolute atomic E-state index is 11.6. The van der Waals surface area contributed by atoms with Gasteiger partial charge in [-0.05, 0) is 85.8 Å². The molecule has 1 aliphatic heterocycles. The van der Waals surface area contributed by atoms with Crippen LogP contribution in [0.25, 0.3) is 0 Å². The highest BCUT2D eigenvalue weighted by Crippen LogP contribution is 2.40. The Labute approximate surface area is 201 Å². The number of nitrogens with two attached hydrogens (primary N) is 1. The molecule has 0 amide bonds. The molecule has 1 fully saturated rings. The SMILES string of the molecule is C=C1C[C@H](c2ccc(C#N)c(Oc3c(C)ccc(C)c3C)c2)CN1c1ccc(S(N)(=O)=O)cc1. The van der Waals surface area contributed by atoms with Crippen LogP contribution in [0, 0.1) is 32.1 Å². The first-order valence-electron chi connectivity index (χ1n) is 11.0. The zero-order valence-electron chi connectivity index (χ0n) is 19.5. The second-order valence-corrected chi connectivity index (χ2v) is 10.3. The number of ether oxygens (including phenoxy) is 1. The van der Waals surface area contributed by atoms with Crippen LogP contribution >= 0.6 is 0 Å². The van der Waals surface area contributed by atoms with E-state index in [0.29, 0.717) is 17.9 Å². The number of rotatable bonds is 5. The number of aryl methyl sites for hydroxylation is 2. The lowest BCUT2D eigenvalue weighted by Crippen LogP contribution is -2.18. The van der Waals surface area contributed by atoms with Crippen LogP contribution < -0.4 is 14.8 Å². The summed E-state index contributed by atoms with van der Waals surface area (Å²) in [6.45, 7) is 11.0. The number of primary sulfonamides is 1. The van der Waals surface area contributed by atoms with Crippen molar-refractivity contribution < 1.29 is 13.2 Å². The molecule has 174 valence electrons. The second-order valence-electron chi connectivity index (χ2n) is 8.74. The average Bonchev–Trinajstić information content (AvgIpc) is 3.20. The van der Waals surface area contributed by atoms with Gasteiger partial charge in [0.25, 0.3) is 0 Å². The molecule has 0 aromatic heterocycles. The molecular formula is C27H27N3O3S. The van der Waals surface area contributed by atoms with Gasteiger partial charge in [0.15, 0.2) is 0 Å². The van der Waals surface area contributed by atoms with Crippen molar-refractivity contribution in [2.24, 2.45) is 5.14 Å². The van der Waals surface area contributed by atoms with Gasteiger partial charge in [-0.3, -0.25) is 0 Å². The van der Waals surface area contributed by atoms with E-state index in [1.165, 1.54) is 12.1 Å². The number of allylic oxidation sites excluding steroid dienone is 1. The van der Waals surface area contributed by atoms with Crippen molar-refractivity contribution in [3.05, 3.63) is 94.7 Å². The van der Waals surface area contributed by atoms with Gasteiger partial charge in [-0.25, -0.2) is 13.6 Å². The smallest absolute Gasteiger partial charge is 0.238 e. The third-order valence-electron chi connectivity index (χ3n) is 6.43. The Bertz CT molecular complexity index is 1420. The number of hydrogen-bond donors (Lipinski definition) is 1. The third-order valence-corrected chi connectivity index (χ3v) is 7.36. The lowest BCUT2D eigenvalue weighted by Gasteiger charge is -2.20. The van der Waals surface area contributed by atoms with Gasteiger partial charge in [0, 0.05) is 23.8 Å². The van der Waals surface area contributed by atoms with Gasteiger partial charge in [-0.2, -0.15) is 5.26 Å². The Kier molecular flexibility index (Phi) is 6.22. The Balaban J connectivity index is 1.62. The third kappa shape index (κ3) is 4.56. The van der Waals surface area contributed by atoms with Crippen molar-refractivity contribution in [3.63, 3.8) is 0 Å². The summed E-state index contributed by atoms with van der Waals surface area (Å²) in [6, 6.07) is 18.5. The Morgan fingerprint density at radius 3 is 2.38 bits per heavy atom. The second kappa shape index (κ2) is 8.98. The van der Waals surface area contributed by atoms with Crippen molar-refractivity contribution in [3.8, 4) is 17.6 Å². The van der Waals surface area contributed by atoms with Gasteiger partial charge < -0.3 is 9.64 Å². The summed E-state index contributed by atoms with van der Waals surface area (Å²) in [5, 5.41) is 14.9. The topological polar surface area (TPSA) is 96.4 Å². The molecule has 1 atom stereocenters. The largest absolute Gasteiger partial charge is 0.455 e. The molecule has 3 aromatic carbocycles. The molecule has 0 aliphatic carbocycles. The van der Waals surface area contributed by atoms with Gasteiger partial charge in [0.1, 0.15) is 17.6 Å². The highest BCUT2D eigenvalue weighted by molar-refractivity contribution is 7.89. The van der Waals surface area contributed by atoms with Crippen molar-refractivity contribution >= 4 is 15.7 Å². The van der Waals surface area contributed by atoms with E-state index in [9.17, 15) is 13.7 Å². The van der Waals surface area contributed by atoms with E-state index in [1.54, 1.807) is 18.2 Å². The molecule has 0 spiro atoms. The standard InChI is InChI=1S/C27H27N3O3S/c1-17-5-6-18(2)27(20(17)4)33-26-14-21(7-8-22(26)15-28)23-13-19(3)30(16-23)24-9-11-25(12-10-24)34(29,31)32/h5-12,14,23H,3,13,16H2,1-2,4H3,(H2,29,31,32)/t23-/m0/s1. The molecule has 7 heteroatoms. The van der Waals surface area contributed by atoms with E-state index in [2.05, 4.69) is 23.6 Å². The summed E-state index contributed by atoms with van der Waals surface area (Å²) >= 11 is 0. The lowest BCUT2D eigenvalue weighted by molar-refractivity contribution is 0.472. The van der Waals surface area contributed by atoms with Crippen LogP contribution in [0.3, 0.4) is 0 Å². The first-order valence-corrected chi connectivity index (χ1v) is 12.5. The van der Waals surface area contributed by atoms with Crippen LogP contribution in [0.15, 0.2) is 71.8 Å². The van der Waals surface area contributed by atoms with Gasteiger partial charge in [-0.15, -0.1) is 0 Å². The highest BCUT2D eigenvalue weighted by atomic mass is 32.2. The van der Waals surface area contributed by atoms with Gasteiger partial charge in [0.05, 0.1) is 10.5 Å². The summed E-state index contributed by atoms with van der Waals surface area (Å²) in [4.78, 5) is 2.15. The maximum atomic E-state index is 11.6. The van der Waals surface area contributed by atoms with E-state index >= 15 is 0 Å². The molecular weight excluding hydrogens is 446 g/mol. The minimum Gasteiger partial charge on any atom is -0.455 e. The Hall–Kier alpha value is -3.60. The van der Waals surface area contributed by atoms with Crippen LogP contribution in [0.2, 0.25) is 0 Å². The fraction of sp³-hybridized carbons (Fsp3) is 0.222. The van der Waals surface area contributed by atoms with E-state index < -0.39 is 10.0 Å². The zero-order valence-corrected chi connectivity index (χ0v) is 20.3. The van der Waals surface area contributed by atoms with Crippen LogP contribution in [0.4, 0.5) is 5.69 Å². The molecule has 3 aromatic rings. The zero-order chi connectivity index (χ0) is 24.6. The molecule has 0 radical (unpaired) electrons. The summed E-state index contributed by atoms with van der Waals surface area (Å²) in [7, 11) is -3.74. The van der Waals surface area contributed by atoms with Crippen LogP contribution in [0.1, 0.15) is 40.2 Å². The molecule has 2 N–H and O–H groups in total. The monoisotopic (exact) mass is 473 g/mol. The van der Waals surface area contributed by atoms with Crippen molar-refractivity contribution in [1.82, 2.24) is 0 Å². The van der Waals surface area contributed by atoms with Gasteiger partial charge >= 0.3 is 0 Å². The molecule has 0 bridgehead atoms. The maximum Gasteiger partial charge on any atom is 0.238 e. The van der Waals surface area contributed by atoms with Crippen molar-refractivity contribution in [1.29, 1.82) is 5.26 Å². The molecule has 1 saturated heterocycles. The number of nitrogens with zero attached hydrogens (tertiary/aromatic N) is 2. The minimum absolute atomic E-state index is 0.0771. The first kappa shape index (κ1) is 23.6. The predicted molar refractivity (Wildman–Crippen MR) is 134 cm³/mol. The highest BCUT2D eigenvalue weighted by Gasteiger charge is 2.28. The molecule has 1 heterocycles. The van der Waals surface area contributed by atoms with E-state index in [0.717, 1.165) is 45.8 Å². The number of anilines is 1. The summed E-state index contributed by atoms with van der Waals surface area (Å²) in [6.07, 6.45) is 0.741. The number of sulfonamides is 1. The normalized spacial score (nSPS) is 15.9. The Morgan fingerprint density at radius 1 is 1.06 bits per heavy atom. The van der Waals surface area contributed by atoms with E-state index in [-0.39, 0.29) is 10.8 Å². The number of nitriles is 1. The summed E-state index contributed by atoms with van der Waals surface area (Å²) in [5.41, 5.74) is 6.53. The van der Waals surface area contributed by atoms with E-state index in [4.69, 9.17) is 9.88 Å². The number of hydrogen-bond acceptors (Lipinski definition) is 5. The molecule has 6 nitrogen and oxygen atoms in total. The van der Waals surface area contributed by atoms with Crippen LogP contribution in [-0.4, -0.2) is 15.0 Å². The van der Waals surface area contributed by atoms with Crippen molar-refractivity contribution in [2.75, 3.05) is 11.4 Å². The molecule has 0 saturated carbocycles. The van der Waals surface area contributed by atoms with Gasteiger partial charge in [-0.1, -0.05) is 24.8 Å². The minimum atomic E-state index is -3.74. The Morgan fingerprint density at radius 2 is 1.74 bits per heavy atom. The fourth-order valence-corrected chi connectivity index (χ4v) is 4.81. The number of benzene rings is 3. The molecule has 0 unspecified atom stereocenters. The predicted octanol–water partition coefficient (Wildman–Crippen LogP) is 5.43. The fourth-order valence-electron chi connectivity index (χ4n) is 4.30. The van der Waals surface area contributed by atoms with E-state index in [1.807, 2.05) is 39.0 Å². The van der Waals surface area contributed by atoms with Crippen molar-refractivity contribution in [2.45, 2.75) is 38.0 Å². The molecule has 34 heavy (non-hydrogen) atoms. The average molecular weight is 474 g/mol. The van der Waals surface area contributed by atoms with Gasteiger partial charge in [0.2, 0.25) is 10.0 Å². The van der Waals surface area contributed by atoms with Crippen LogP contribution in [-0.2, 0) is 10.0 Å². The summed E-state index contributed by atoms with van der Waals surface area (Å²) < 4.78 is 29.4. The summed E-state index contributed by atoms with van der Waals surface area (Å²) in [5.74, 6) is 1.47. The van der Waals surface area contributed by atoms with Crippen LogP contribution in [0.5, 0.6) is 11.5 Å². The molecule has 1 aliphatic rings.